The maximum atomic E-state index is 12.8. The first kappa shape index (κ1) is 31.3. The molecule has 6 nitrogen and oxygen atoms in total. The molecule has 0 radical (unpaired) electrons. The molecular weight excluding hydrogens is 592 g/mol. The van der Waals surface area contributed by atoms with Gasteiger partial charge in [-0.1, -0.05) is 37.6 Å². The SMILES string of the molecule is C[C@@H](COc1ccnc2c1[C@H](C)CCC2)C[C@H]1Cc2ccc([S+](C)[O-])cc2C12CCC(Nc1cccc(Cl)c1)(C(=O)O)CC2. The number of aromatic nitrogens is 1. The van der Waals surface area contributed by atoms with Crippen molar-refractivity contribution < 1.29 is 19.2 Å². The Balaban J connectivity index is 1.24. The molecule has 3 aliphatic rings. The Morgan fingerprint density at radius 2 is 2.00 bits per heavy atom. The number of halogens is 1. The van der Waals surface area contributed by atoms with Gasteiger partial charge in [0.1, 0.15) is 17.5 Å². The molecule has 1 aromatic heterocycles. The van der Waals surface area contributed by atoms with Gasteiger partial charge in [0.25, 0.3) is 0 Å². The first-order chi connectivity index (χ1) is 21.1. The number of hydrogen-bond donors (Lipinski definition) is 2. The number of carboxylic acid groups (broad SMARTS) is 1. The fourth-order valence-electron chi connectivity index (χ4n) is 8.26. The van der Waals surface area contributed by atoms with Crippen LogP contribution >= 0.6 is 11.6 Å². The molecule has 2 N–H and O–H groups in total. The number of benzene rings is 2. The molecular formula is C36H43ClN2O4S. The smallest absolute Gasteiger partial charge is 0.329 e. The molecule has 0 saturated heterocycles. The summed E-state index contributed by atoms with van der Waals surface area (Å²) >= 11 is 5.14. The Kier molecular flexibility index (Phi) is 8.93. The number of aliphatic carboxylic acids is 1. The molecule has 6 rings (SSSR count). The van der Waals surface area contributed by atoms with E-state index >= 15 is 0 Å². The van der Waals surface area contributed by atoms with Gasteiger partial charge in [-0.2, -0.15) is 0 Å². The van der Waals surface area contributed by atoms with Crippen LogP contribution in [0, 0.1) is 11.8 Å². The van der Waals surface area contributed by atoms with Crippen molar-refractivity contribution in [2.45, 2.75) is 93.4 Å². The van der Waals surface area contributed by atoms with Crippen molar-refractivity contribution in [3.8, 4) is 5.75 Å². The Hall–Kier alpha value is -2.74. The zero-order chi connectivity index (χ0) is 31.1. The molecule has 0 amide bonds. The second-order valence-corrected chi connectivity index (χ2v) is 15.3. The largest absolute Gasteiger partial charge is 0.612 e. The van der Waals surface area contributed by atoms with E-state index < -0.39 is 22.7 Å². The molecule has 8 heteroatoms. The molecule has 2 aromatic carbocycles. The lowest BCUT2D eigenvalue weighted by molar-refractivity contribution is -0.144. The fourth-order valence-corrected chi connectivity index (χ4v) is 8.99. The van der Waals surface area contributed by atoms with Crippen LogP contribution < -0.4 is 10.1 Å². The Bertz CT molecular complexity index is 1520. The van der Waals surface area contributed by atoms with Crippen LogP contribution in [0.2, 0.25) is 5.02 Å². The van der Waals surface area contributed by atoms with Crippen molar-refractivity contribution in [3.63, 3.8) is 0 Å². The molecule has 0 aliphatic heterocycles. The van der Waals surface area contributed by atoms with Crippen molar-refractivity contribution >= 4 is 34.4 Å². The third-order valence-corrected chi connectivity index (χ3v) is 11.8. The Morgan fingerprint density at radius 1 is 1.20 bits per heavy atom. The molecule has 1 heterocycles. The van der Waals surface area contributed by atoms with Gasteiger partial charge in [-0.05, 0) is 140 Å². The van der Waals surface area contributed by atoms with Crippen molar-refractivity contribution in [2.24, 2.45) is 11.8 Å². The molecule has 44 heavy (non-hydrogen) atoms. The topological polar surface area (TPSA) is 94.5 Å². The first-order valence-corrected chi connectivity index (χ1v) is 17.9. The van der Waals surface area contributed by atoms with Crippen LogP contribution in [0.1, 0.15) is 87.1 Å². The molecule has 234 valence electrons. The van der Waals surface area contributed by atoms with E-state index in [0.717, 1.165) is 48.4 Å². The maximum absolute atomic E-state index is 12.8. The van der Waals surface area contributed by atoms with E-state index in [-0.39, 0.29) is 5.41 Å². The van der Waals surface area contributed by atoms with Gasteiger partial charge < -0.3 is 19.7 Å². The third kappa shape index (κ3) is 5.95. The number of rotatable bonds is 9. The molecule has 1 spiro atoms. The van der Waals surface area contributed by atoms with Crippen molar-refractivity contribution in [3.05, 3.63) is 82.1 Å². The monoisotopic (exact) mass is 634 g/mol. The van der Waals surface area contributed by atoms with Gasteiger partial charge in [0.15, 0.2) is 4.90 Å². The summed E-state index contributed by atoms with van der Waals surface area (Å²) in [5.41, 5.74) is 4.51. The van der Waals surface area contributed by atoms with Crippen LogP contribution in [0.4, 0.5) is 5.69 Å². The normalized spacial score (nSPS) is 27.3. The average molecular weight is 635 g/mol. The Morgan fingerprint density at radius 3 is 2.73 bits per heavy atom. The standard InChI is InChI=1S/C36H43ClN2O4S/c1-23(22-43-32-12-17-38-31-9-4-6-24(2)33(31)32)18-26-19-25-10-11-29(44(3)42)21-30(25)35(26)13-15-36(16-14-35,34(40)41)39-28-8-5-7-27(37)20-28/h5,7-8,10-12,17,20-21,23-24,26,39H,4,6,9,13-16,18-19,22H2,1-3H3,(H,40,41)/t23-,24-,26+,35?,36?,44?/m1/s1. The zero-order valence-corrected chi connectivity index (χ0v) is 27.5. The Labute approximate surface area is 269 Å². The van der Waals surface area contributed by atoms with Crippen LogP contribution in [0.5, 0.6) is 5.75 Å². The summed E-state index contributed by atoms with van der Waals surface area (Å²) in [5, 5.41) is 14.4. The summed E-state index contributed by atoms with van der Waals surface area (Å²) in [7, 11) is 0. The average Bonchev–Trinajstić information content (AvgIpc) is 3.28. The van der Waals surface area contributed by atoms with Gasteiger partial charge in [0.2, 0.25) is 0 Å². The minimum Gasteiger partial charge on any atom is -0.612 e. The highest BCUT2D eigenvalue weighted by Crippen LogP contribution is 2.56. The highest BCUT2D eigenvalue weighted by atomic mass is 35.5. The van der Waals surface area contributed by atoms with Crippen LogP contribution in [0.25, 0.3) is 0 Å². The summed E-state index contributed by atoms with van der Waals surface area (Å²) in [6, 6.07) is 15.6. The number of aryl methyl sites for hydroxylation is 1. The molecule has 0 bridgehead atoms. The number of pyridine rings is 1. The van der Waals surface area contributed by atoms with Crippen molar-refractivity contribution in [1.29, 1.82) is 0 Å². The van der Waals surface area contributed by atoms with Crippen LogP contribution in [0.3, 0.4) is 0 Å². The molecule has 1 fully saturated rings. The molecule has 4 atom stereocenters. The summed E-state index contributed by atoms with van der Waals surface area (Å²) in [5.74, 6) is 1.26. The second-order valence-electron chi connectivity index (χ2n) is 13.5. The zero-order valence-electron chi connectivity index (χ0n) is 25.9. The van der Waals surface area contributed by atoms with Gasteiger partial charge in [-0.3, -0.25) is 4.98 Å². The number of carbonyl (C=O) groups is 1. The maximum Gasteiger partial charge on any atom is 0.329 e. The summed E-state index contributed by atoms with van der Waals surface area (Å²) in [4.78, 5) is 18.3. The van der Waals surface area contributed by atoms with Crippen LogP contribution in [0.15, 0.2) is 59.6 Å². The summed E-state index contributed by atoms with van der Waals surface area (Å²) in [6.45, 7) is 5.17. The lowest BCUT2D eigenvalue weighted by Gasteiger charge is -2.47. The number of nitrogens with one attached hydrogen (secondary N) is 1. The fraction of sp³-hybridized carbons (Fsp3) is 0.500. The third-order valence-electron chi connectivity index (χ3n) is 10.6. The van der Waals surface area contributed by atoms with E-state index in [1.807, 2.05) is 30.5 Å². The number of ether oxygens (including phenoxy) is 1. The molecule has 1 saturated carbocycles. The predicted molar refractivity (Wildman–Crippen MR) is 176 cm³/mol. The van der Waals surface area contributed by atoms with Crippen LogP contribution in [-0.2, 0) is 34.2 Å². The van der Waals surface area contributed by atoms with E-state index in [1.54, 1.807) is 18.4 Å². The highest BCUT2D eigenvalue weighted by molar-refractivity contribution is 7.90. The van der Waals surface area contributed by atoms with E-state index in [1.165, 1.54) is 35.2 Å². The van der Waals surface area contributed by atoms with Crippen LogP contribution in [-0.4, -0.2) is 39.0 Å². The van der Waals surface area contributed by atoms with E-state index in [4.69, 9.17) is 16.3 Å². The van der Waals surface area contributed by atoms with Gasteiger partial charge >= 0.3 is 5.97 Å². The van der Waals surface area contributed by atoms with Crippen molar-refractivity contribution in [2.75, 3.05) is 18.2 Å². The van der Waals surface area contributed by atoms with Gasteiger partial charge in [-0.25, -0.2) is 4.79 Å². The number of fused-ring (bicyclic) bond motifs is 3. The first-order valence-electron chi connectivity index (χ1n) is 15.9. The van der Waals surface area contributed by atoms with E-state index in [9.17, 15) is 14.5 Å². The molecule has 3 aliphatic carbocycles. The van der Waals surface area contributed by atoms with E-state index in [2.05, 4.69) is 36.3 Å². The highest BCUT2D eigenvalue weighted by Gasteiger charge is 2.54. The second kappa shape index (κ2) is 12.6. The number of nitrogens with zero attached hydrogens (tertiary/aromatic N) is 1. The van der Waals surface area contributed by atoms with Crippen molar-refractivity contribution in [1.82, 2.24) is 4.98 Å². The quantitative estimate of drug-likeness (QED) is 0.232. The minimum absolute atomic E-state index is 0.168. The lowest BCUT2D eigenvalue weighted by Crippen LogP contribution is -2.53. The molecule has 3 aromatic rings. The summed E-state index contributed by atoms with van der Waals surface area (Å²) in [6.07, 6.45) is 11.4. The summed E-state index contributed by atoms with van der Waals surface area (Å²) < 4.78 is 19.0. The van der Waals surface area contributed by atoms with Gasteiger partial charge in [-0.15, -0.1) is 0 Å². The van der Waals surface area contributed by atoms with Gasteiger partial charge in [0.05, 0.1) is 6.61 Å². The predicted octanol–water partition coefficient (Wildman–Crippen LogP) is 7.94. The molecule has 1 unspecified atom stereocenters. The number of anilines is 1. The minimum atomic E-state index is -1.09. The lowest BCUT2D eigenvalue weighted by atomic mass is 9.59. The number of carboxylic acids is 1. The number of hydrogen-bond acceptors (Lipinski definition) is 5. The van der Waals surface area contributed by atoms with E-state index in [0.29, 0.717) is 42.2 Å². The van der Waals surface area contributed by atoms with Gasteiger partial charge in [0, 0.05) is 28.2 Å².